The molecule has 0 aliphatic carbocycles. The molecule has 0 aliphatic heterocycles. The number of benzene rings is 2. The average Bonchev–Trinajstić information content (AvgIpc) is 2.67. The first-order chi connectivity index (χ1) is 13.6. The van der Waals surface area contributed by atoms with Crippen LogP contribution in [0.1, 0.15) is 23.6 Å². The normalized spacial score (nSPS) is 12.3. The lowest BCUT2D eigenvalue weighted by atomic mass is 10.2. The highest BCUT2D eigenvalue weighted by molar-refractivity contribution is 7.89. The molecule has 0 saturated heterocycles. The van der Waals surface area contributed by atoms with Crippen molar-refractivity contribution >= 4 is 21.9 Å². The van der Waals surface area contributed by atoms with Gasteiger partial charge in [-0.25, -0.2) is 12.8 Å². The Hall–Kier alpha value is -2.78. The van der Waals surface area contributed by atoms with Gasteiger partial charge in [0.2, 0.25) is 10.0 Å². The predicted octanol–water partition coefficient (Wildman–Crippen LogP) is 1.97. The summed E-state index contributed by atoms with van der Waals surface area (Å²) in [6.45, 7) is 4.32. The Balaban J connectivity index is 1.85. The number of hydrogen-bond donors (Lipinski definition) is 2. The Morgan fingerprint density at radius 1 is 1.10 bits per heavy atom. The number of amides is 1. The molecule has 2 aromatic rings. The van der Waals surface area contributed by atoms with Gasteiger partial charge in [0, 0.05) is 6.54 Å². The summed E-state index contributed by atoms with van der Waals surface area (Å²) in [4.78, 5) is 24.0. The van der Waals surface area contributed by atoms with Crippen LogP contribution in [0.3, 0.4) is 0 Å². The first kappa shape index (κ1) is 22.5. The van der Waals surface area contributed by atoms with E-state index in [9.17, 15) is 22.4 Å². The number of aryl methyl sites for hydroxylation is 2. The summed E-state index contributed by atoms with van der Waals surface area (Å²) in [5, 5.41) is 2.56. The van der Waals surface area contributed by atoms with Crippen molar-refractivity contribution in [3.05, 3.63) is 65.0 Å². The zero-order valence-corrected chi connectivity index (χ0v) is 17.2. The van der Waals surface area contributed by atoms with Crippen LogP contribution in [-0.4, -0.2) is 32.9 Å². The van der Waals surface area contributed by atoms with E-state index >= 15 is 0 Å². The fourth-order valence-corrected chi connectivity index (χ4v) is 3.75. The molecule has 2 aromatic carbocycles. The molecular weight excluding hydrogens is 399 g/mol. The SMILES string of the molecule is Cc1ccc(C)c(S(=O)(=O)NCC(=O)O[C@H](C)C(=O)NCc2ccc(F)cc2)c1. The molecule has 1 atom stereocenters. The predicted molar refractivity (Wildman–Crippen MR) is 105 cm³/mol. The van der Waals surface area contributed by atoms with Crippen LogP contribution in [0, 0.1) is 19.7 Å². The van der Waals surface area contributed by atoms with Gasteiger partial charge in [0.05, 0.1) is 4.90 Å². The quantitative estimate of drug-likeness (QED) is 0.634. The second-order valence-electron chi connectivity index (χ2n) is 6.57. The molecule has 7 nitrogen and oxygen atoms in total. The van der Waals surface area contributed by atoms with Gasteiger partial charge in [-0.05, 0) is 55.7 Å². The highest BCUT2D eigenvalue weighted by Gasteiger charge is 2.21. The van der Waals surface area contributed by atoms with Crippen molar-refractivity contribution in [3.8, 4) is 0 Å². The van der Waals surface area contributed by atoms with Gasteiger partial charge < -0.3 is 10.1 Å². The van der Waals surface area contributed by atoms with Gasteiger partial charge in [0.1, 0.15) is 12.4 Å². The molecule has 0 spiro atoms. The number of carbonyl (C=O) groups is 2. The van der Waals surface area contributed by atoms with Crippen molar-refractivity contribution in [2.75, 3.05) is 6.54 Å². The third-order valence-electron chi connectivity index (χ3n) is 4.10. The highest BCUT2D eigenvalue weighted by Crippen LogP contribution is 2.16. The summed E-state index contributed by atoms with van der Waals surface area (Å²) < 4.78 is 44.8. The number of nitrogens with one attached hydrogen (secondary N) is 2. The minimum absolute atomic E-state index is 0.0791. The Bertz CT molecular complexity index is 990. The average molecular weight is 422 g/mol. The van der Waals surface area contributed by atoms with E-state index in [1.165, 1.54) is 37.3 Å². The third kappa shape index (κ3) is 6.65. The van der Waals surface area contributed by atoms with Crippen molar-refractivity contribution in [2.45, 2.75) is 38.3 Å². The zero-order chi connectivity index (χ0) is 21.6. The Morgan fingerprint density at radius 3 is 2.41 bits per heavy atom. The molecule has 2 rings (SSSR count). The molecule has 0 bridgehead atoms. The van der Waals surface area contributed by atoms with Crippen molar-refractivity contribution < 1.29 is 27.1 Å². The number of ether oxygens (including phenoxy) is 1. The van der Waals surface area contributed by atoms with Gasteiger partial charge >= 0.3 is 5.97 Å². The molecule has 0 unspecified atom stereocenters. The zero-order valence-electron chi connectivity index (χ0n) is 16.4. The van der Waals surface area contributed by atoms with Crippen molar-refractivity contribution in [1.82, 2.24) is 10.0 Å². The maximum absolute atomic E-state index is 12.9. The van der Waals surface area contributed by atoms with Crippen LogP contribution >= 0.6 is 0 Å². The first-order valence-corrected chi connectivity index (χ1v) is 10.4. The van der Waals surface area contributed by atoms with E-state index in [-0.39, 0.29) is 17.3 Å². The monoisotopic (exact) mass is 422 g/mol. The second-order valence-corrected chi connectivity index (χ2v) is 8.31. The van der Waals surface area contributed by atoms with Crippen LogP contribution in [0.2, 0.25) is 0 Å². The molecule has 0 heterocycles. The maximum Gasteiger partial charge on any atom is 0.321 e. The topological polar surface area (TPSA) is 102 Å². The number of sulfonamides is 1. The second kappa shape index (κ2) is 9.62. The Kier molecular flexibility index (Phi) is 7.46. The lowest BCUT2D eigenvalue weighted by Gasteiger charge is -2.14. The maximum atomic E-state index is 12.9. The van der Waals surface area contributed by atoms with Gasteiger partial charge in [-0.2, -0.15) is 4.72 Å². The number of halogens is 1. The van der Waals surface area contributed by atoms with Crippen LogP contribution in [0.15, 0.2) is 47.4 Å². The van der Waals surface area contributed by atoms with Crippen LogP contribution in [0.5, 0.6) is 0 Å². The van der Waals surface area contributed by atoms with E-state index in [0.717, 1.165) is 5.56 Å². The third-order valence-corrected chi connectivity index (χ3v) is 5.64. The number of carbonyl (C=O) groups excluding carboxylic acids is 2. The van der Waals surface area contributed by atoms with Crippen molar-refractivity contribution in [1.29, 1.82) is 0 Å². The molecule has 2 N–H and O–H groups in total. The number of esters is 1. The van der Waals surface area contributed by atoms with Gasteiger partial charge in [-0.1, -0.05) is 24.3 Å². The van der Waals surface area contributed by atoms with Gasteiger partial charge in [0.25, 0.3) is 5.91 Å². The Labute approximate surface area is 169 Å². The minimum atomic E-state index is -3.90. The number of rotatable bonds is 8. The summed E-state index contributed by atoms with van der Waals surface area (Å²) in [6, 6.07) is 10.6. The lowest BCUT2D eigenvalue weighted by molar-refractivity contribution is -0.153. The van der Waals surface area contributed by atoms with Crippen LogP contribution < -0.4 is 10.0 Å². The molecule has 9 heteroatoms. The van der Waals surface area contributed by atoms with E-state index in [1.54, 1.807) is 26.0 Å². The molecule has 156 valence electrons. The Morgan fingerprint density at radius 2 is 1.76 bits per heavy atom. The van der Waals surface area contributed by atoms with Crippen LogP contribution in [0.4, 0.5) is 4.39 Å². The molecular formula is C20H23FN2O5S. The summed E-state index contributed by atoms with van der Waals surface area (Å²) in [5.74, 6) is -1.82. The van der Waals surface area contributed by atoms with E-state index in [2.05, 4.69) is 10.0 Å². The smallest absolute Gasteiger partial charge is 0.321 e. The van der Waals surface area contributed by atoms with Crippen LogP contribution in [-0.2, 0) is 30.9 Å². The molecule has 0 fully saturated rings. The van der Waals surface area contributed by atoms with Crippen molar-refractivity contribution in [3.63, 3.8) is 0 Å². The molecule has 0 radical (unpaired) electrons. The van der Waals surface area contributed by atoms with E-state index < -0.39 is 34.5 Å². The molecule has 0 aliphatic rings. The lowest BCUT2D eigenvalue weighted by Crippen LogP contribution is -2.38. The molecule has 0 aromatic heterocycles. The minimum Gasteiger partial charge on any atom is -0.452 e. The summed E-state index contributed by atoms with van der Waals surface area (Å²) >= 11 is 0. The van der Waals surface area contributed by atoms with E-state index in [1.807, 2.05) is 0 Å². The largest absolute Gasteiger partial charge is 0.452 e. The highest BCUT2D eigenvalue weighted by atomic mass is 32.2. The molecule has 0 saturated carbocycles. The molecule has 29 heavy (non-hydrogen) atoms. The van der Waals surface area contributed by atoms with Gasteiger partial charge in [-0.3, -0.25) is 9.59 Å². The number of hydrogen-bond acceptors (Lipinski definition) is 5. The van der Waals surface area contributed by atoms with E-state index in [4.69, 9.17) is 4.74 Å². The van der Waals surface area contributed by atoms with Crippen LogP contribution in [0.25, 0.3) is 0 Å². The first-order valence-electron chi connectivity index (χ1n) is 8.87. The van der Waals surface area contributed by atoms with Crippen molar-refractivity contribution in [2.24, 2.45) is 0 Å². The fourth-order valence-electron chi connectivity index (χ4n) is 2.46. The standard InChI is InChI=1S/C20H23FN2O5S/c1-13-4-5-14(2)18(10-13)29(26,27)23-12-19(24)28-15(3)20(25)22-11-16-6-8-17(21)9-7-16/h4-10,15,23H,11-12H2,1-3H3,(H,22,25)/t15-/m1/s1. The fraction of sp³-hybridized carbons (Fsp3) is 0.300. The van der Waals surface area contributed by atoms with Gasteiger partial charge in [-0.15, -0.1) is 0 Å². The summed E-state index contributed by atoms with van der Waals surface area (Å²) in [5.41, 5.74) is 1.99. The summed E-state index contributed by atoms with van der Waals surface area (Å²) in [7, 11) is -3.90. The van der Waals surface area contributed by atoms with Gasteiger partial charge in [0.15, 0.2) is 6.10 Å². The molecule has 1 amide bonds. The van der Waals surface area contributed by atoms with E-state index in [0.29, 0.717) is 11.1 Å². The summed E-state index contributed by atoms with van der Waals surface area (Å²) in [6.07, 6.45) is -1.12.